The zero-order valence-electron chi connectivity index (χ0n) is 13.8. The van der Waals surface area contributed by atoms with Crippen molar-refractivity contribution < 1.29 is 4.79 Å². The van der Waals surface area contributed by atoms with Crippen LogP contribution in [0.3, 0.4) is 0 Å². The number of carbonyl (C=O) groups excluding carboxylic acids is 1. The van der Waals surface area contributed by atoms with Crippen molar-refractivity contribution in [3.05, 3.63) is 11.4 Å². The van der Waals surface area contributed by atoms with Crippen molar-refractivity contribution in [3.63, 3.8) is 0 Å². The Labute approximate surface area is 126 Å². The van der Waals surface area contributed by atoms with E-state index in [4.69, 9.17) is 0 Å². The molecule has 6 heteroatoms. The number of carbonyl (C=O) groups is 1. The molecule has 2 N–H and O–H groups in total. The van der Waals surface area contributed by atoms with Crippen LogP contribution in [0.5, 0.6) is 0 Å². The zero-order chi connectivity index (χ0) is 15.6. The van der Waals surface area contributed by atoms with Gasteiger partial charge in [-0.15, -0.1) is 0 Å². The molecule has 1 aliphatic heterocycles. The molecule has 1 aromatic heterocycles. The van der Waals surface area contributed by atoms with E-state index in [-0.39, 0.29) is 11.4 Å². The number of nitrogens with zero attached hydrogens (tertiary/aromatic N) is 3. The summed E-state index contributed by atoms with van der Waals surface area (Å²) in [6.07, 6.45) is 0. The fraction of sp³-hybridized carbons (Fsp3) is 0.733. The van der Waals surface area contributed by atoms with E-state index in [0.717, 1.165) is 37.6 Å². The molecule has 0 radical (unpaired) electrons. The molecule has 0 saturated carbocycles. The third-order valence-corrected chi connectivity index (χ3v) is 3.66. The number of rotatable bonds is 3. The van der Waals surface area contributed by atoms with E-state index in [2.05, 4.69) is 32.2 Å². The lowest BCUT2D eigenvalue weighted by Crippen LogP contribution is -2.52. The van der Waals surface area contributed by atoms with Crippen LogP contribution in [0.4, 0.5) is 5.69 Å². The number of aromatic nitrogens is 2. The molecule has 0 spiro atoms. The molecule has 0 aromatic carbocycles. The Morgan fingerprint density at radius 3 is 2.33 bits per heavy atom. The van der Waals surface area contributed by atoms with E-state index in [1.807, 2.05) is 27.7 Å². The van der Waals surface area contributed by atoms with Gasteiger partial charge < -0.3 is 10.2 Å². The first kappa shape index (κ1) is 15.8. The number of hydrogen-bond donors (Lipinski definition) is 2. The van der Waals surface area contributed by atoms with Crippen LogP contribution in [-0.4, -0.2) is 59.3 Å². The minimum atomic E-state index is -0.163. The number of anilines is 1. The van der Waals surface area contributed by atoms with Crippen LogP contribution in [0.2, 0.25) is 0 Å². The Morgan fingerprint density at radius 1 is 1.24 bits per heavy atom. The van der Waals surface area contributed by atoms with Crippen molar-refractivity contribution in [2.24, 2.45) is 0 Å². The van der Waals surface area contributed by atoms with Crippen LogP contribution in [-0.2, 0) is 4.79 Å². The molecule has 1 saturated heterocycles. The number of aromatic amines is 1. The Bertz CT molecular complexity index is 475. The van der Waals surface area contributed by atoms with Crippen molar-refractivity contribution >= 4 is 11.6 Å². The third kappa shape index (κ3) is 4.20. The van der Waals surface area contributed by atoms with E-state index < -0.39 is 0 Å². The summed E-state index contributed by atoms with van der Waals surface area (Å²) in [5.41, 5.74) is 3.22. The minimum Gasteiger partial charge on any atom is -0.366 e. The van der Waals surface area contributed by atoms with Gasteiger partial charge in [-0.05, 0) is 34.6 Å². The highest BCUT2D eigenvalue weighted by Gasteiger charge is 2.23. The van der Waals surface area contributed by atoms with Gasteiger partial charge in [0.2, 0.25) is 5.91 Å². The monoisotopic (exact) mass is 293 g/mol. The summed E-state index contributed by atoms with van der Waals surface area (Å²) in [5, 5.41) is 10.3. The lowest BCUT2D eigenvalue weighted by molar-refractivity contribution is -0.123. The Kier molecular flexibility index (Phi) is 4.56. The van der Waals surface area contributed by atoms with Gasteiger partial charge in [0.25, 0.3) is 0 Å². The van der Waals surface area contributed by atoms with E-state index in [1.165, 1.54) is 5.69 Å². The molecule has 118 valence electrons. The number of aryl methyl sites for hydroxylation is 2. The average Bonchev–Trinajstić information content (AvgIpc) is 2.68. The molecule has 1 fully saturated rings. The molecule has 21 heavy (non-hydrogen) atoms. The van der Waals surface area contributed by atoms with Crippen molar-refractivity contribution in [2.75, 3.05) is 37.6 Å². The minimum absolute atomic E-state index is 0.103. The van der Waals surface area contributed by atoms with Gasteiger partial charge in [0.15, 0.2) is 0 Å². The van der Waals surface area contributed by atoms with Crippen LogP contribution < -0.4 is 10.2 Å². The Balaban J connectivity index is 1.85. The third-order valence-electron chi connectivity index (χ3n) is 3.66. The summed E-state index contributed by atoms with van der Waals surface area (Å²) in [5.74, 6) is 0.103. The summed E-state index contributed by atoms with van der Waals surface area (Å²) >= 11 is 0. The quantitative estimate of drug-likeness (QED) is 0.875. The topological polar surface area (TPSA) is 64.3 Å². The average molecular weight is 293 g/mol. The van der Waals surface area contributed by atoms with Gasteiger partial charge in [0.05, 0.1) is 23.6 Å². The highest BCUT2D eigenvalue weighted by atomic mass is 16.2. The molecule has 2 heterocycles. The van der Waals surface area contributed by atoms with Crippen molar-refractivity contribution in [3.8, 4) is 0 Å². The number of piperazine rings is 1. The zero-order valence-corrected chi connectivity index (χ0v) is 13.8. The van der Waals surface area contributed by atoms with E-state index in [0.29, 0.717) is 6.54 Å². The summed E-state index contributed by atoms with van der Waals surface area (Å²) in [6, 6.07) is 0. The van der Waals surface area contributed by atoms with Gasteiger partial charge in [-0.25, -0.2) is 0 Å². The van der Waals surface area contributed by atoms with Crippen LogP contribution in [0.1, 0.15) is 32.2 Å². The first-order valence-corrected chi connectivity index (χ1v) is 7.56. The number of hydrogen-bond acceptors (Lipinski definition) is 4. The number of amides is 1. The van der Waals surface area contributed by atoms with Gasteiger partial charge >= 0.3 is 0 Å². The Hall–Kier alpha value is -1.56. The van der Waals surface area contributed by atoms with Gasteiger partial charge in [0, 0.05) is 31.7 Å². The molecule has 1 aromatic rings. The Morgan fingerprint density at radius 2 is 1.86 bits per heavy atom. The van der Waals surface area contributed by atoms with Crippen molar-refractivity contribution in [1.82, 2.24) is 20.4 Å². The molecule has 1 amide bonds. The maximum Gasteiger partial charge on any atom is 0.234 e. The molecule has 1 aliphatic rings. The lowest BCUT2D eigenvalue weighted by Gasteiger charge is -2.36. The normalized spacial score (nSPS) is 17.1. The standard InChI is InChI=1S/C15H27N5O/c1-11-14(12(2)18-17-11)20-8-6-19(7-9-20)10-13(21)16-15(3,4)5/h6-10H2,1-5H3,(H,16,21)(H,17,18). The summed E-state index contributed by atoms with van der Waals surface area (Å²) in [7, 11) is 0. The number of nitrogens with one attached hydrogen (secondary N) is 2. The van der Waals surface area contributed by atoms with Crippen molar-refractivity contribution in [2.45, 2.75) is 40.2 Å². The van der Waals surface area contributed by atoms with E-state index in [1.54, 1.807) is 0 Å². The molecular weight excluding hydrogens is 266 g/mol. The molecule has 6 nitrogen and oxygen atoms in total. The highest BCUT2D eigenvalue weighted by Crippen LogP contribution is 2.23. The van der Waals surface area contributed by atoms with E-state index >= 15 is 0 Å². The smallest absolute Gasteiger partial charge is 0.234 e. The summed E-state index contributed by atoms with van der Waals surface area (Å²) in [4.78, 5) is 16.5. The van der Waals surface area contributed by atoms with Crippen LogP contribution in [0.15, 0.2) is 0 Å². The first-order valence-electron chi connectivity index (χ1n) is 7.56. The summed E-state index contributed by atoms with van der Waals surface area (Å²) in [6.45, 7) is 14.3. The SMILES string of the molecule is Cc1n[nH]c(C)c1N1CCN(CC(=O)NC(C)(C)C)CC1. The highest BCUT2D eigenvalue weighted by molar-refractivity contribution is 5.78. The van der Waals surface area contributed by atoms with Crippen LogP contribution in [0, 0.1) is 13.8 Å². The van der Waals surface area contributed by atoms with Gasteiger partial charge in [-0.3, -0.25) is 14.8 Å². The molecule has 0 aliphatic carbocycles. The van der Waals surface area contributed by atoms with Crippen LogP contribution in [0.25, 0.3) is 0 Å². The first-order chi connectivity index (χ1) is 9.76. The second-order valence-electron chi connectivity index (χ2n) is 6.84. The second-order valence-corrected chi connectivity index (χ2v) is 6.84. The fourth-order valence-corrected chi connectivity index (χ4v) is 2.80. The molecule has 0 bridgehead atoms. The molecule has 0 atom stereocenters. The van der Waals surface area contributed by atoms with E-state index in [9.17, 15) is 4.79 Å². The molecular formula is C15H27N5O. The fourth-order valence-electron chi connectivity index (χ4n) is 2.80. The molecule has 0 unspecified atom stereocenters. The van der Waals surface area contributed by atoms with Gasteiger partial charge in [-0.2, -0.15) is 5.10 Å². The predicted octanol–water partition coefficient (Wildman–Crippen LogP) is 1.06. The second kappa shape index (κ2) is 6.05. The largest absolute Gasteiger partial charge is 0.366 e. The van der Waals surface area contributed by atoms with Gasteiger partial charge in [-0.1, -0.05) is 0 Å². The summed E-state index contributed by atoms with van der Waals surface area (Å²) < 4.78 is 0. The maximum atomic E-state index is 12.0. The number of H-pyrrole nitrogens is 1. The predicted molar refractivity (Wildman–Crippen MR) is 84.6 cm³/mol. The molecule has 2 rings (SSSR count). The van der Waals surface area contributed by atoms with Crippen molar-refractivity contribution in [1.29, 1.82) is 0 Å². The van der Waals surface area contributed by atoms with Crippen LogP contribution >= 0.6 is 0 Å². The lowest BCUT2D eigenvalue weighted by atomic mass is 10.1. The van der Waals surface area contributed by atoms with Gasteiger partial charge in [0.1, 0.15) is 0 Å². The maximum absolute atomic E-state index is 12.0.